The average Bonchev–Trinajstić information content (AvgIpc) is 3.05. The van der Waals surface area contributed by atoms with Gasteiger partial charge in [0.15, 0.2) is 0 Å². The van der Waals surface area contributed by atoms with E-state index in [0.717, 1.165) is 19.4 Å². The Kier molecular flexibility index (Phi) is 3.58. The lowest BCUT2D eigenvalue weighted by atomic mass is 10.1. The minimum absolute atomic E-state index is 0.428. The van der Waals surface area contributed by atoms with Crippen LogP contribution in [-0.2, 0) is 20.0 Å². The fraction of sp³-hybridized carbons (Fsp3) is 0.353. The summed E-state index contributed by atoms with van der Waals surface area (Å²) in [6.07, 6.45) is 9.71. The molecule has 1 unspecified atom stereocenters. The summed E-state index contributed by atoms with van der Waals surface area (Å²) in [5.41, 5.74) is 4.10. The number of hydrogen-bond acceptors (Lipinski definition) is 2. The molecule has 102 valence electrons. The number of aromatic nitrogens is 2. The van der Waals surface area contributed by atoms with Crippen molar-refractivity contribution in [3.05, 3.63) is 53.3 Å². The molecule has 3 rings (SSSR count). The molecule has 1 aliphatic rings. The molecule has 0 amide bonds. The second-order valence-electron chi connectivity index (χ2n) is 5.31. The van der Waals surface area contributed by atoms with Gasteiger partial charge in [0.25, 0.3) is 0 Å². The number of benzene rings is 1. The number of terminal acetylenes is 1. The Hall–Kier alpha value is -2.05. The standard InChI is InChI=1S/C17H19N3/c1-3-12-20(13-15-10-11-18-19(15)2)17-9-8-14-6-4-5-7-16(14)17/h1,4-7,10-11,17H,8-9,12-13H2,2H3. The molecule has 2 aromatic rings. The van der Waals surface area contributed by atoms with Gasteiger partial charge in [-0.15, -0.1) is 6.42 Å². The Bertz CT molecular complexity index is 636. The highest BCUT2D eigenvalue weighted by Gasteiger charge is 2.27. The molecule has 0 N–H and O–H groups in total. The predicted molar refractivity (Wildman–Crippen MR) is 80.0 cm³/mol. The molecule has 20 heavy (non-hydrogen) atoms. The van der Waals surface area contributed by atoms with Gasteiger partial charge in [0.05, 0.1) is 12.2 Å². The Morgan fingerprint density at radius 3 is 3.00 bits per heavy atom. The van der Waals surface area contributed by atoms with E-state index in [9.17, 15) is 0 Å². The van der Waals surface area contributed by atoms with Crippen LogP contribution in [0.1, 0.15) is 29.3 Å². The van der Waals surface area contributed by atoms with Crippen molar-refractivity contribution in [2.75, 3.05) is 6.54 Å². The fourth-order valence-corrected chi connectivity index (χ4v) is 3.07. The van der Waals surface area contributed by atoms with Crippen molar-refractivity contribution >= 4 is 0 Å². The zero-order valence-corrected chi connectivity index (χ0v) is 11.8. The SMILES string of the molecule is C#CCN(Cc1ccnn1C)C1CCc2ccccc21. The van der Waals surface area contributed by atoms with Gasteiger partial charge in [-0.1, -0.05) is 30.2 Å². The van der Waals surface area contributed by atoms with Crippen molar-refractivity contribution in [1.29, 1.82) is 0 Å². The Balaban J connectivity index is 1.85. The first kappa shape index (κ1) is 13.0. The van der Waals surface area contributed by atoms with Crippen LogP contribution in [0.15, 0.2) is 36.5 Å². The Morgan fingerprint density at radius 1 is 1.40 bits per heavy atom. The smallest absolute Gasteiger partial charge is 0.0608 e. The van der Waals surface area contributed by atoms with E-state index in [-0.39, 0.29) is 0 Å². The molecule has 3 heteroatoms. The van der Waals surface area contributed by atoms with Crippen molar-refractivity contribution in [2.45, 2.75) is 25.4 Å². The van der Waals surface area contributed by atoms with E-state index in [0.29, 0.717) is 12.6 Å². The van der Waals surface area contributed by atoms with Crippen LogP contribution in [0.4, 0.5) is 0 Å². The van der Waals surface area contributed by atoms with Gasteiger partial charge in [-0.2, -0.15) is 5.10 Å². The van der Waals surface area contributed by atoms with Gasteiger partial charge in [0, 0.05) is 25.8 Å². The van der Waals surface area contributed by atoms with E-state index in [1.54, 1.807) is 0 Å². The van der Waals surface area contributed by atoms with Gasteiger partial charge in [-0.05, 0) is 30.0 Å². The van der Waals surface area contributed by atoms with Crippen LogP contribution >= 0.6 is 0 Å². The second kappa shape index (κ2) is 5.52. The summed E-state index contributed by atoms with van der Waals surface area (Å²) < 4.78 is 1.92. The lowest BCUT2D eigenvalue weighted by Gasteiger charge is -2.27. The molecule has 1 heterocycles. The third-order valence-corrected chi connectivity index (χ3v) is 4.12. The minimum atomic E-state index is 0.428. The van der Waals surface area contributed by atoms with Gasteiger partial charge in [-0.25, -0.2) is 0 Å². The van der Waals surface area contributed by atoms with E-state index in [1.807, 2.05) is 17.9 Å². The summed E-state index contributed by atoms with van der Waals surface area (Å²) in [4.78, 5) is 2.38. The largest absolute Gasteiger partial charge is 0.279 e. The highest BCUT2D eigenvalue weighted by atomic mass is 15.3. The van der Waals surface area contributed by atoms with E-state index in [2.05, 4.69) is 46.3 Å². The molecule has 1 aliphatic carbocycles. The highest BCUT2D eigenvalue weighted by Crippen LogP contribution is 2.36. The molecular formula is C17H19N3. The molecule has 0 aliphatic heterocycles. The van der Waals surface area contributed by atoms with E-state index in [4.69, 9.17) is 6.42 Å². The Morgan fingerprint density at radius 2 is 2.25 bits per heavy atom. The number of nitrogens with zero attached hydrogens (tertiary/aromatic N) is 3. The number of hydrogen-bond donors (Lipinski definition) is 0. The monoisotopic (exact) mass is 265 g/mol. The minimum Gasteiger partial charge on any atom is -0.279 e. The first-order valence-corrected chi connectivity index (χ1v) is 7.02. The van der Waals surface area contributed by atoms with Crippen LogP contribution in [0.2, 0.25) is 0 Å². The molecule has 0 saturated heterocycles. The van der Waals surface area contributed by atoms with Crippen molar-refractivity contribution in [3.8, 4) is 12.3 Å². The molecule has 1 aromatic heterocycles. The molecule has 1 atom stereocenters. The van der Waals surface area contributed by atoms with Crippen molar-refractivity contribution in [3.63, 3.8) is 0 Å². The summed E-state index contributed by atoms with van der Waals surface area (Å²) in [5, 5.41) is 4.24. The molecule has 1 aromatic carbocycles. The first-order valence-electron chi connectivity index (χ1n) is 7.02. The van der Waals surface area contributed by atoms with Crippen molar-refractivity contribution in [2.24, 2.45) is 7.05 Å². The zero-order valence-electron chi connectivity index (χ0n) is 11.8. The van der Waals surface area contributed by atoms with E-state index in [1.165, 1.54) is 16.8 Å². The second-order valence-corrected chi connectivity index (χ2v) is 5.31. The zero-order chi connectivity index (χ0) is 13.9. The van der Waals surface area contributed by atoms with Crippen molar-refractivity contribution < 1.29 is 0 Å². The molecule has 0 bridgehead atoms. The number of aryl methyl sites for hydroxylation is 2. The van der Waals surface area contributed by atoms with Gasteiger partial charge >= 0.3 is 0 Å². The quantitative estimate of drug-likeness (QED) is 0.792. The maximum Gasteiger partial charge on any atom is 0.0608 e. The lowest BCUT2D eigenvalue weighted by Crippen LogP contribution is -2.28. The maximum atomic E-state index is 5.57. The number of fused-ring (bicyclic) bond motifs is 1. The summed E-state index contributed by atoms with van der Waals surface area (Å²) in [7, 11) is 1.98. The van der Waals surface area contributed by atoms with Crippen molar-refractivity contribution in [1.82, 2.24) is 14.7 Å². The summed E-state index contributed by atoms with van der Waals surface area (Å²) in [5.74, 6) is 2.80. The summed E-state index contributed by atoms with van der Waals surface area (Å²) in [6.45, 7) is 1.52. The maximum absolute atomic E-state index is 5.57. The summed E-state index contributed by atoms with van der Waals surface area (Å²) >= 11 is 0. The fourth-order valence-electron chi connectivity index (χ4n) is 3.07. The third kappa shape index (κ3) is 2.35. The van der Waals surface area contributed by atoms with Gasteiger partial charge in [-0.3, -0.25) is 9.58 Å². The first-order chi connectivity index (χ1) is 9.79. The Labute approximate surface area is 120 Å². The molecule has 3 nitrogen and oxygen atoms in total. The topological polar surface area (TPSA) is 21.1 Å². The third-order valence-electron chi connectivity index (χ3n) is 4.12. The van der Waals surface area contributed by atoms with Crippen LogP contribution in [0.5, 0.6) is 0 Å². The van der Waals surface area contributed by atoms with Crippen LogP contribution in [0.25, 0.3) is 0 Å². The highest BCUT2D eigenvalue weighted by molar-refractivity contribution is 5.34. The van der Waals surface area contributed by atoms with Gasteiger partial charge in [0.1, 0.15) is 0 Å². The van der Waals surface area contributed by atoms with Gasteiger partial charge in [0.2, 0.25) is 0 Å². The predicted octanol–water partition coefficient (Wildman–Crippen LogP) is 2.54. The van der Waals surface area contributed by atoms with Crippen LogP contribution < -0.4 is 0 Å². The van der Waals surface area contributed by atoms with E-state index >= 15 is 0 Å². The lowest BCUT2D eigenvalue weighted by molar-refractivity contribution is 0.208. The normalized spacial score (nSPS) is 17.1. The molecule has 0 fully saturated rings. The molecular weight excluding hydrogens is 246 g/mol. The van der Waals surface area contributed by atoms with Gasteiger partial charge < -0.3 is 0 Å². The average molecular weight is 265 g/mol. The van der Waals surface area contributed by atoms with Crippen LogP contribution in [0, 0.1) is 12.3 Å². The molecule has 0 saturated carbocycles. The van der Waals surface area contributed by atoms with E-state index < -0.39 is 0 Å². The number of rotatable bonds is 4. The van der Waals surface area contributed by atoms with Crippen LogP contribution in [0.3, 0.4) is 0 Å². The summed E-state index contributed by atoms with van der Waals surface area (Å²) in [6, 6.07) is 11.2. The van der Waals surface area contributed by atoms with Crippen LogP contribution in [-0.4, -0.2) is 21.2 Å². The molecule has 0 radical (unpaired) electrons. The molecule has 0 spiro atoms.